The van der Waals surface area contributed by atoms with E-state index >= 15 is 0 Å². The summed E-state index contributed by atoms with van der Waals surface area (Å²) in [6.07, 6.45) is 0. The molecule has 0 aromatic heterocycles. The molecule has 0 saturated heterocycles. The van der Waals surface area contributed by atoms with E-state index in [1.54, 1.807) is 12.4 Å². The van der Waals surface area contributed by atoms with Crippen LogP contribution < -0.4 is 11.1 Å². The second kappa shape index (κ2) is 4.81. The van der Waals surface area contributed by atoms with Crippen LogP contribution in [0.1, 0.15) is 0 Å². The van der Waals surface area contributed by atoms with E-state index in [2.05, 4.69) is 31.9 Å². The summed E-state index contributed by atoms with van der Waals surface area (Å²) in [5.74, 6) is 0. The third-order valence-electron chi connectivity index (χ3n) is 0.956. The molecule has 0 amide bonds. The number of hydrogen-bond donors (Lipinski definition) is 2. The Kier molecular flexibility index (Phi) is 4.82. The fourth-order valence-electron chi connectivity index (χ4n) is 0.468. The van der Waals surface area contributed by atoms with Crippen LogP contribution in [0.5, 0.6) is 0 Å². The molecule has 64 valence electrons. The van der Waals surface area contributed by atoms with Gasteiger partial charge in [-0.05, 0) is 0 Å². The molecule has 0 bridgehead atoms. The first-order valence-corrected chi connectivity index (χ1v) is 4.44. The molecule has 11 heavy (non-hydrogen) atoms. The molecule has 0 aliphatic rings. The number of rotatable bonds is 3. The first kappa shape index (κ1) is 11.0. The molecule has 5 nitrogen and oxygen atoms in total. The zero-order valence-electron chi connectivity index (χ0n) is 5.75. The quantitative estimate of drug-likeness (QED) is 0.324. The average molecular weight is 290 g/mol. The minimum atomic E-state index is -0.747. The SMILES string of the molecule is C[NH2+]C(Br)=C(C(N)Br)[N+](=O)[O-]. The summed E-state index contributed by atoms with van der Waals surface area (Å²) in [5.41, 5.74) is 5.20. The number of alkyl halides is 1. The Bertz CT molecular complexity index is 192. The lowest BCUT2D eigenvalue weighted by molar-refractivity contribution is -0.574. The molecule has 0 rings (SSSR count). The van der Waals surface area contributed by atoms with Crippen molar-refractivity contribution in [3.63, 3.8) is 0 Å². The highest BCUT2D eigenvalue weighted by Gasteiger charge is 2.25. The topological polar surface area (TPSA) is 85.8 Å². The molecule has 0 aliphatic heterocycles. The molecule has 0 aromatic rings. The largest absolute Gasteiger partial charge is 0.340 e. The summed E-state index contributed by atoms with van der Waals surface area (Å²) in [6, 6.07) is 0. The number of nitrogens with zero attached hydrogens (tertiary/aromatic N) is 1. The Hall–Kier alpha value is 0.0200. The van der Waals surface area contributed by atoms with Gasteiger partial charge in [0, 0.05) is 15.9 Å². The van der Waals surface area contributed by atoms with E-state index in [0.29, 0.717) is 4.61 Å². The van der Waals surface area contributed by atoms with Gasteiger partial charge >= 0.3 is 5.70 Å². The van der Waals surface area contributed by atoms with Gasteiger partial charge in [-0.2, -0.15) is 0 Å². The lowest BCUT2D eigenvalue weighted by Crippen LogP contribution is -2.76. The summed E-state index contributed by atoms with van der Waals surface area (Å²) >= 11 is 5.93. The molecular weight excluding hydrogens is 282 g/mol. The minimum Gasteiger partial charge on any atom is -0.310 e. The zero-order valence-corrected chi connectivity index (χ0v) is 8.92. The normalized spacial score (nSPS) is 15.6. The monoisotopic (exact) mass is 288 g/mol. The maximum absolute atomic E-state index is 10.3. The maximum Gasteiger partial charge on any atom is 0.340 e. The minimum absolute atomic E-state index is 0.0764. The van der Waals surface area contributed by atoms with Gasteiger partial charge in [-0.25, -0.2) is 0 Å². The molecule has 0 fully saturated rings. The van der Waals surface area contributed by atoms with Crippen molar-refractivity contribution in [3.05, 3.63) is 20.4 Å². The van der Waals surface area contributed by atoms with Gasteiger partial charge in [0.15, 0.2) is 4.95 Å². The van der Waals surface area contributed by atoms with Crippen molar-refractivity contribution in [3.8, 4) is 0 Å². The van der Waals surface area contributed by atoms with Gasteiger partial charge in [-0.1, -0.05) is 15.9 Å². The van der Waals surface area contributed by atoms with Crippen LogP contribution in [0.3, 0.4) is 0 Å². The van der Waals surface area contributed by atoms with Crippen LogP contribution in [0.2, 0.25) is 0 Å². The highest BCUT2D eigenvalue weighted by molar-refractivity contribution is 9.11. The first-order valence-electron chi connectivity index (χ1n) is 2.73. The molecule has 1 unspecified atom stereocenters. The molecular formula is C4H8Br2N3O2+. The molecule has 0 radical (unpaired) electrons. The number of nitrogens with two attached hydrogens (primary N) is 2. The van der Waals surface area contributed by atoms with Crippen molar-refractivity contribution in [1.82, 2.24) is 0 Å². The van der Waals surface area contributed by atoms with Crippen molar-refractivity contribution in [2.45, 2.75) is 4.95 Å². The fraction of sp³-hybridized carbons (Fsp3) is 0.500. The van der Waals surface area contributed by atoms with E-state index in [0.717, 1.165) is 0 Å². The van der Waals surface area contributed by atoms with Gasteiger partial charge in [0.1, 0.15) is 0 Å². The van der Waals surface area contributed by atoms with Crippen molar-refractivity contribution in [2.75, 3.05) is 7.05 Å². The van der Waals surface area contributed by atoms with E-state index in [1.165, 1.54) is 0 Å². The second-order valence-corrected chi connectivity index (χ2v) is 3.52. The Morgan fingerprint density at radius 2 is 2.27 bits per heavy atom. The van der Waals surface area contributed by atoms with Crippen LogP contribution in [0.4, 0.5) is 0 Å². The molecule has 1 atom stereocenters. The summed E-state index contributed by atoms with van der Waals surface area (Å²) in [4.78, 5) is 9.06. The number of quaternary nitrogens is 1. The Balaban J connectivity index is 4.73. The van der Waals surface area contributed by atoms with E-state index < -0.39 is 9.87 Å². The third-order valence-corrected chi connectivity index (χ3v) is 2.25. The van der Waals surface area contributed by atoms with Gasteiger partial charge < -0.3 is 11.1 Å². The smallest absolute Gasteiger partial charge is 0.310 e. The number of hydrogen-bond acceptors (Lipinski definition) is 3. The maximum atomic E-state index is 10.3. The zero-order chi connectivity index (χ0) is 9.02. The van der Waals surface area contributed by atoms with Crippen molar-refractivity contribution >= 4 is 31.9 Å². The van der Waals surface area contributed by atoms with E-state index in [1.807, 2.05) is 0 Å². The summed E-state index contributed by atoms with van der Waals surface area (Å²) < 4.78 is 0.395. The number of halogens is 2. The predicted molar refractivity (Wildman–Crippen MR) is 47.7 cm³/mol. The van der Waals surface area contributed by atoms with Crippen molar-refractivity contribution in [1.29, 1.82) is 0 Å². The highest BCUT2D eigenvalue weighted by atomic mass is 79.9. The van der Waals surface area contributed by atoms with Crippen LogP contribution in [0.25, 0.3) is 0 Å². The highest BCUT2D eigenvalue weighted by Crippen LogP contribution is 2.12. The third kappa shape index (κ3) is 3.28. The fourth-order valence-corrected chi connectivity index (χ4v) is 1.58. The predicted octanol–water partition coefficient (Wildman–Crippen LogP) is -0.300. The summed E-state index contributed by atoms with van der Waals surface area (Å²) in [5, 5.41) is 11.9. The second-order valence-electron chi connectivity index (χ2n) is 1.68. The van der Waals surface area contributed by atoms with E-state index in [9.17, 15) is 10.1 Å². The first-order chi connectivity index (χ1) is 5.00. The van der Waals surface area contributed by atoms with E-state index in [-0.39, 0.29) is 5.70 Å². The van der Waals surface area contributed by atoms with Gasteiger partial charge in [0.05, 0.1) is 12.0 Å². The Morgan fingerprint density at radius 1 is 1.82 bits per heavy atom. The van der Waals surface area contributed by atoms with E-state index in [4.69, 9.17) is 5.73 Å². The van der Waals surface area contributed by atoms with Gasteiger partial charge in [0.2, 0.25) is 4.61 Å². The average Bonchev–Trinajstić information content (AvgIpc) is 1.85. The van der Waals surface area contributed by atoms with Gasteiger partial charge in [-0.3, -0.25) is 10.1 Å². The lowest BCUT2D eigenvalue weighted by atomic mass is 10.5. The molecule has 7 heteroatoms. The molecule has 0 aromatic carbocycles. The standard InChI is InChI=1S/C4H7Br2N3O2/c1-8-4(6)2(3(5)7)9(10)11/h3,8H,7H2,1H3/p+1. The van der Waals surface area contributed by atoms with Crippen molar-refractivity contribution in [2.24, 2.45) is 5.73 Å². The van der Waals surface area contributed by atoms with Crippen molar-refractivity contribution < 1.29 is 10.2 Å². The van der Waals surface area contributed by atoms with Gasteiger partial charge in [-0.15, -0.1) is 0 Å². The molecule has 4 N–H and O–H groups in total. The molecule has 0 heterocycles. The summed E-state index contributed by atoms with van der Waals surface area (Å²) in [6.45, 7) is 0. The van der Waals surface area contributed by atoms with Crippen LogP contribution in [-0.2, 0) is 0 Å². The van der Waals surface area contributed by atoms with Crippen LogP contribution in [0, 0.1) is 10.1 Å². The van der Waals surface area contributed by atoms with Gasteiger partial charge in [0.25, 0.3) is 0 Å². The Morgan fingerprint density at radius 3 is 2.36 bits per heavy atom. The van der Waals surface area contributed by atoms with Crippen LogP contribution in [0.15, 0.2) is 10.3 Å². The summed E-state index contributed by atoms with van der Waals surface area (Å²) in [7, 11) is 1.68. The number of nitro groups is 1. The van der Waals surface area contributed by atoms with Crippen LogP contribution in [-0.4, -0.2) is 16.9 Å². The molecule has 0 spiro atoms. The molecule has 0 aliphatic carbocycles. The lowest BCUT2D eigenvalue weighted by Gasteiger charge is -1.99. The van der Waals surface area contributed by atoms with Crippen LogP contribution >= 0.6 is 31.9 Å². The molecule has 0 saturated carbocycles. The Labute approximate surface area is 80.4 Å².